The number of benzene rings is 2. The van der Waals surface area contributed by atoms with Crippen LogP contribution in [0.1, 0.15) is 18.1 Å². The molecule has 0 aliphatic heterocycles. The molecule has 7 heteroatoms. The molecule has 0 spiro atoms. The van der Waals surface area contributed by atoms with Crippen molar-refractivity contribution in [1.82, 2.24) is 0 Å². The van der Waals surface area contributed by atoms with Crippen LogP contribution in [0.25, 0.3) is 6.08 Å². The van der Waals surface area contributed by atoms with Gasteiger partial charge in [0.2, 0.25) is 0 Å². The second-order valence-electron chi connectivity index (χ2n) is 5.28. The Kier molecular flexibility index (Phi) is 7.73. The summed E-state index contributed by atoms with van der Waals surface area (Å²) in [5.41, 5.74) is 2.11. The minimum absolute atomic E-state index is 0.0140. The Bertz CT molecular complexity index is 897. The van der Waals surface area contributed by atoms with Crippen molar-refractivity contribution in [2.75, 3.05) is 11.9 Å². The molecule has 1 amide bonds. The van der Waals surface area contributed by atoms with Gasteiger partial charge in [0, 0.05) is 10.7 Å². The van der Waals surface area contributed by atoms with Gasteiger partial charge in [-0.3, -0.25) is 4.79 Å². The molecule has 0 atom stereocenters. The summed E-state index contributed by atoms with van der Waals surface area (Å²) in [7, 11) is 0. The molecule has 2 aromatic carbocycles. The molecule has 4 nitrogen and oxygen atoms in total. The standard InChI is InChI=1S/C19H15ClI2N2O2/c1-3-26-18-15(21)8-12(9-16(18)22)7-13(10-23)19(25)24-17-6-4-5-14(20)11(17)2/h4-9H,3H2,1-2H3,(H,24,25)/b13-7-. The van der Waals surface area contributed by atoms with E-state index in [9.17, 15) is 10.1 Å². The zero-order valence-electron chi connectivity index (χ0n) is 14.1. The first-order valence-corrected chi connectivity index (χ1v) is 10.2. The summed E-state index contributed by atoms with van der Waals surface area (Å²) in [4.78, 5) is 12.5. The zero-order chi connectivity index (χ0) is 19.3. The lowest BCUT2D eigenvalue weighted by Crippen LogP contribution is -2.14. The Morgan fingerprint density at radius 2 is 2.00 bits per heavy atom. The van der Waals surface area contributed by atoms with E-state index in [1.54, 1.807) is 24.3 Å². The van der Waals surface area contributed by atoms with Crippen molar-refractivity contribution in [2.24, 2.45) is 0 Å². The van der Waals surface area contributed by atoms with Crippen LogP contribution >= 0.6 is 56.8 Å². The number of carbonyl (C=O) groups is 1. The number of amides is 1. The number of hydrogen-bond donors (Lipinski definition) is 1. The van der Waals surface area contributed by atoms with Crippen molar-refractivity contribution in [3.8, 4) is 11.8 Å². The Hall–Kier alpha value is -1.31. The van der Waals surface area contributed by atoms with Crippen LogP contribution in [0.2, 0.25) is 5.02 Å². The topological polar surface area (TPSA) is 62.1 Å². The lowest BCUT2D eigenvalue weighted by molar-refractivity contribution is -0.112. The minimum atomic E-state index is -0.475. The highest BCUT2D eigenvalue weighted by molar-refractivity contribution is 14.1. The van der Waals surface area contributed by atoms with E-state index in [0.29, 0.717) is 17.3 Å². The van der Waals surface area contributed by atoms with Crippen LogP contribution in [0.5, 0.6) is 5.75 Å². The number of ether oxygens (including phenoxy) is 1. The molecule has 2 aromatic rings. The summed E-state index contributed by atoms with van der Waals surface area (Å²) in [6.07, 6.45) is 1.56. The van der Waals surface area contributed by atoms with Gasteiger partial charge in [0.1, 0.15) is 17.4 Å². The van der Waals surface area contributed by atoms with Gasteiger partial charge >= 0.3 is 0 Å². The van der Waals surface area contributed by atoms with E-state index in [-0.39, 0.29) is 5.57 Å². The maximum absolute atomic E-state index is 12.5. The molecule has 0 bridgehead atoms. The van der Waals surface area contributed by atoms with E-state index < -0.39 is 5.91 Å². The fraction of sp³-hybridized carbons (Fsp3) is 0.158. The van der Waals surface area contributed by atoms with Crippen LogP contribution in [0, 0.1) is 25.4 Å². The SMILES string of the molecule is CCOc1c(I)cc(/C=C(/C#N)C(=O)Nc2cccc(Cl)c2C)cc1I. The van der Waals surface area contributed by atoms with Gasteiger partial charge in [0.05, 0.1) is 13.7 Å². The molecule has 0 aliphatic carbocycles. The lowest BCUT2D eigenvalue weighted by Gasteiger charge is -2.10. The average molecular weight is 593 g/mol. The maximum Gasteiger partial charge on any atom is 0.266 e. The number of hydrogen-bond acceptors (Lipinski definition) is 3. The molecule has 26 heavy (non-hydrogen) atoms. The van der Waals surface area contributed by atoms with Gasteiger partial charge in [-0.25, -0.2) is 0 Å². The fourth-order valence-corrected chi connectivity index (χ4v) is 4.50. The molecule has 0 heterocycles. The van der Waals surface area contributed by atoms with E-state index in [2.05, 4.69) is 50.5 Å². The van der Waals surface area contributed by atoms with Gasteiger partial charge in [0.25, 0.3) is 5.91 Å². The number of nitrogens with zero attached hydrogens (tertiary/aromatic N) is 1. The van der Waals surface area contributed by atoms with Gasteiger partial charge in [0.15, 0.2) is 0 Å². The average Bonchev–Trinajstić information content (AvgIpc) is 2.60. The Balaban J connectivity index is 2.31. The quantitative estimate of drug-likeness (QED) is 0.271. The smallest absolute Gasteiger partial charge is 0.266 e. The third-order valence-corrected chi connectivity index (χ3v) is 5.51. The number of nitrogens with one attached hydrogen (secondary N) is 1. The fourth-order valence-electron chi connectivity index (χ4n) is 2.19. The summed E-state index contributed by atoms with van der Waals surface area (Å²) < 4.78 is 7.46. The first-order chi connectivity index (χ1) is 12.4. The van der Waals surface area contributed by atoms with Crippen LogP contribution in [0.3, 0.4) is 0 Å². The van der Waals surface area contributed by atoms with Crippen LogP contribution in [0.15, 0.2) is 35.9 Å². The molecule has 0 radical (unpaired) electrons. The number of halogens is 3. The first-order valence-electron chi connectivity index (χ1n) is 7.67. The van der Waals surface area contributed by atoms with Gasteiger partial charge in [-0.1, -0.05) is 17.7 Å². The number of rotatable bonds is 5. The predicted octanol–water partition coefficient (Wildman–Crippen LogP) is 5.80. The number of carbonyl (C=O) groups excluding carboxylic acids is 1. The second-order valence-corrected chi connectivity index (χ2v) is 8.01. The largest absolute Gasteiger partial charge is 0.492 e. The van der Waals surface area contributed by atoms with Crippen molar-refractivity contribution in [1.29, 1.82) is 5.26 Å². The van der Waals surface area contributed by atoms with E-state index in [1.165, 1.54) is 0 Å². The zero-order valence-corrected chi connectivity index (χ0v) is 19.1. The minimum Gasteiger partial charge on any atom is -0.492 e. The third-order valence-electron chi connectivity index (χ3n) is 3.50. The van der Waals surface area contributed by atoms with Crippen LogP contribution in [-0.2, 0) is 4.79 Å². The van der Waals surface area contributed by atoms with Crippen LogP contribution in [-0.4, -0.2) is 12.5 Å². The van der Waals surface area contributed by atoms with Crippen molar-refractivity contribution in [2.45, 2.75) is 13.8 Å². The summed E-state index contributed by atoms with van der Waals surface area (Å²) in [6, 6.07) is 11.0. The van der Waals surface area contributed by atoms with Gasteiger partial charge in [-0.2, -0.15) is 5.26 Å². The van der Waals surface area contributed by atoms with Crippen molar-refractivity contribution >= 4 is 74.5 Å². The van der Waals surface area contributed by atoms with Crippen LogP contribution in [0.4, 0.5) is 5.69 Å². The van der Waals surface area contributed by atoms with Crippen molar-refractivity contribution in [3.63, 3.8) is 0 Å². The summed E-state index contributed by atoms with van der Waals surface area (Å²) >= 11 is 10.4. The molecular formula is C19H15ClI2N2O2. The molecule has 134 valence electrons. The Morgan fingerprint density at radius 3 is 2.58 bits per heavy atom. The molecule has 0 aromatic heterocycles. The van der Waals surface area contributed by atoms with Crippen LogP contribution < -0.4 is 10.1 Å². The van der Waals surface area contributed by atoms with E-state index in [0.717, 1.165) is 24.0 Å². The predicted molar refractivity (Wildman–Crippen MR) is 121 cm³/mol. The molecule has 2 rings (SSSR count). The third kappa shape index (κ3) is 5.11. The van der Waals surface area contributed by atoms with Crippen molar-refractivity contribution < 1.29 is 9.53 Å². The molecular weight excluding hydrogens is 577 g/mol. The van der Waals surface area contributed by atoms with Gasteiger partial charge < -0.3 is 10.1 Å². The first kappa shape index (κ1) is 21.0. The highest BCUT2D eigenvalue weighted by atomic mass is 127. The normalized spacial score (nSPS) is 11.0. The summed E-state index contributed by atoms with van der Waals surface area (Å²) in [6.45, 7) is 4.31. The lowest BCUT2D eigenvalue weighted by atomic mass is 10.1. The molecule has 0 saturated heterocycles. The van der Waals surface area contributed by atoms with Crippen molar-refractivity contribution in [3.05, 3.63) is 59.2 Å². The number of nitriles is 1. The summed E-state index contributed by atoms with van der Waals surface area (Å²) in [5, 5.41) is 12.7. The number of anilines is 1. The van der Waals surface area contributed by atoms with E-state index >= 15 is 0 Å². The monoisotopic (exact) mass is 592 g/mol. The van der Waals surface area contributed by atoms with Gasteiger partial charge in [-0.05, 0) is 100 Å². The molecule has 0 fully saturated rings. The molecule has 0 saturated carbocycles. The molecule has 0 unspecified atom stereocenters. The molecule has 0 aliphatic rings. The summed E-state index contributed by atoms with van der Waals surface area (Å²) in [5.74, 6) is 0.333. The maximum atomic E-state index is 12.5. The molecule has 1 N–H and O–H groups in total. The Morgan fingerprint density at radius 1 is 1.35 bits per heavy atom. The van der Waals surface area contributed by atoms with Gasteiger partial charge in [-0.15, -0.1) is 0 Å². The van der Waals surface area contributed by atoms with E-state index in [4.69, 9.17) is 16.3 Å². The second kappa shape index (κ2) is 9.58. The highest BCUT2D eigenvalue weighted by Gasteiger charge is 2.13. The Labute approximate surface area is 184 Å². The van der Waals surface area contributed by atoms with E-state index in [1.807, 2.05) is 32.0 Å². The highest BCUT2D eigenvalue weighted by Crippen LogP contribution is 2.30.